The summed E-state index contributed by atoms with van der Waals surface area (Å²) >= 11 is 1.02. The van der Waals surface area contributed by atoms with E-state index in [1.54, 1.807) is 19.1 Å². The molecule has 0 atom stereocenters. The van der Waals surface area contributed by atoms with Crippen LogP contribution in [0.25, 0.3) is 0 Å². The highest BCUT2D eigenvalue weighted by Crippen LogP contribution is 2.18. The number of carbonyl (C=O) groups is 1. The summed E-state index contributed by atoms with van der Waals surface area (Å²) in [4.78, 5) is 11.7. The second kappa shape index (κ2) is 4.46. The van der Waals surface area contributed by atoms with Crippen LogP contribution in [-0.4, -0.2) is 16.1 Å². The maximum absolute atomic E-state index is 13.6. The van der Waals surface area contributed by atoms with Gasteiger partial charge in [0.2, 0.25) is 10.3 Å². The molecule has 2 aromatic rings. The van der Waals surface area contributed by atoms with Crippen LogP contribution < -0.4 is 11.1 Å². The third-order valence-corrected chi connectivity index (χ3v) is 2.77. The van der Waals surface area contributed by atoms with E-state index >= 15 is 0 Å². The van der Waals surface area contributed by atoms with Crippen molar-refractivity contribution >= 4 is 27.5 Å². The Bertz CT molecular complexity index is 569. The first-order chi connectivity index (χ1) is 8.08. The largest absolute Gasteiger partial charge is 0.374 e. The number of benzene rings is 1. The van der Waals surface area contributed by atoms with E-state index < -0.39 is 11.7 Å². The molecule has 0 aliphatic heterocycles. The number of nitrogens with zero attached hydrogens (tertiary/aromatic N) is 2. The van der Waals surface area contributed by atoms with Gasteiger partial charge in [0.1, 0.15) is 5.82 Å². The Morgan fingerprint density at radius 1 is 1.47 bits per heavy atom. The Hall–Kier alpha value is -2.02. The van der Waals surface area contributed by atoms with Crippen LogP contribution in [0.4, 0.5) is 14.7 Å². The molecule has 0 aliphatic carbocycles. The molecule has 0 radical (unpaired) electrons. The van der Waals surface area contributed by atoms with Crippen LogP contribution in [0, 0.1) is 12.7 Å². The number of hydrogen-bond acceptors (Lipinski definition) is 5. The van der Waals surface area contributed by atoms with E-state index in [4.69, 9.17) is 5.73 Å². The Morgan fingerprint density at radius 2 is 2.24 bits per heavy atom. The lowest BCUT2D eigenvalue weighted by Crippen LogP contribution is -2.14. The van der Waals surface area contributed by atoms with Crippen LogP contribution in [0.2, 0.25) is 0 Å². The molecule has 2 rings (SSSR count). The molecule has 5 nitrogen and oxygen atoms in total. The smallest absolute Gasteiger partial charge is 0.260 e. The minimum absolute atomic E-state index is 0.0289. The molecule has 0 spiro atoms. The number of nitrogens with two attached hydrogens (primary N) is 1. The molecule has 0 unspecified atom stereocenters. The zero-order chi connectivity index (χ0) is 12.4. The monoisotopic (exact) mass is 252 g/mol. The van der Waals surface area contributed by atoms with Gasteiger partial charge in [-0.15, -0.1) is 10.2 Å². The van der Waals surface area contributed by atoms with Gasteiger partial charge in [-0.3, -0.25) is 10.1 Å². The second-order valence-electron chi connectivity index (χ2n) is 3.34. The Kier molecular flexibility index (Phi) is 3.01. The molecule has 0 saturated heterocycles. The van der Waals surface area contributed by atoms with Crippen LogP contribution in [0.5, 0.6) is 0 Å². The van der Waals surface area contributed by atoms with E-state index in [0.29, 0.717) is 5.56 Å². The Morgan fingerprint density at radius 3 is 2.88 bits per heavy atom. The molecule has 0 aliphatic rings. The minimum atomic E-state index is -0.567. The van der Waals surface area contributed by atoms with Crippen molar-refractivity contribution in [3.8, 4) is 0 Å². The fraction of sp³-hybridized carbons (Fsp3) is 0.100. The van der Waals surface area contributed by atoms with E-state index in [1.165, 1.54) is 6.07 Å². The van der Waals surface area contributed by atoms with Gasteiger partial charge in [0.25, 0.3) is 5.91 Å². The molecule has 0 bridgehead atoms. The van der Waals surface area contributed by atoms with Gasteiger partial charge >= 0.3 is 0 Å². The average molecular weight is 252 g/mol. The number of carbonyl (C=O) groups excluding carboxylic acids is 1. The van der Waals surface area contributed by atoms with E-state index in [2.05, 4.69) is 15.5 Å². The number of nitrogen functional groups attached to an aromatic ring is 1. The first-order valence-corrected chi connectivity index (χ1v) is 5.55. The molecular formula is C10H9FN4OS. The second-order valence-corrected chi connectivity index (χ2v) is 4.35. The highest BCUT2D eigenvalue weighted by Gasteiger charge is 2.14. The molecule has 17 heavy (non-hydrogen) atoms. The standard InChI is InChI=1S/C10H9FN4OS/c1-5-3-2-4-6(7(5)11)8(16)13-10-15-14-9(12)17-10/h2-4H,1H3,(H2,12,14)(H,13,15,16). The van der Waals surface area contributed by atoms with E-state index in [-0.39, 0.29) is 15.8 Å². The number of aryl methyl sites for hydroxylation is 1. The number of rotatable bonds is 2. The summed E-state index contributed by atoms with van der Waals surface area (Å²) in [6.07, 6.45) is 0. The van der Waals surface area contributed by atoms with Gasteiger partial charge in [-0.25, -0.2) is 4.39 Å². The predicted octanol–water partition coefficient (Wildman–Crippen LogP) is 1.82. The average Bonchev–Trinajstić information content (AvgIpc) is 2.68. The van der Waals surface area contributed by atoms with Crippen LogP contribution in [0.1, 0.15) is 15.9 Å². The number of halogens is 1. The van der Waals surface area contributed by atoms with Gasteiger partial charge in [-0.2, -0.15) is 0 Å². The normalized spacial score (nSPS) is 10.2. The van der Waals surface area contributed by atoms with Crippen molar-refractivity contribution in [1.29, 1.82) is 0 Å². The molecule has 0 saturated carbocycles. The molecule has 1 amide bonds. The summed E-state index contributed by atoms with van der Waals surface area (Å²) in [5, 5.41) is 10.1. The topological polar surface area (TPSA) is 80.9 Å². The van der Waals surface area contributed by atoms with Crippen molar-refractivity contribution in [3.05, 3.63) is 35.1 Å². The maximum Gasteiger partial charge on any atom is 0.260 e. The maximum atomic E-state index is 13.6. The first kappa shape index (κ1) is 11.5. The van der Waals surface area contributed by atoms with Gasteiger partial charge in [0.05, 0.1) is 5.56 Å². The van der Waals surface area contributed by atoms with E-state index in [1.807, 2.05) is 0 Å². The fourth-order valence-corrected chi connectivity index (χ4v) is 1.78. The third kappa shape index (κ3) is 2.39. The summed E-state index contributed by atoms with van der Waals surface area (Å²) in [5.41, 5.74) is 5.75. The Labute approximate surface area is 100 Å². The van der Waals surface area contributed by atoms with Crippen molar-refractivity contribution in [2.24, 2.45) is 0 Å². The number of amides is 1. The number of anilines is 2. The summed E-state index contributed by atoms with van der Waals surface area (Å²) in [7, 11) is 0. The molecular weight excluding hydrogens is 243 g/mol. The summed E-state index contributed by atoms with van der Waals surface area (Å²) in [6, 6.07) is 4.61. The lowest BCUT2D eigenvalue weighted by molar-refractivity contribution is 0.102. The van der Waals surface area contributed by atoms with Crippen LogP contribution in [0.15, 0.2) is 18.2 Å². The molecule has 88 valence electrons. The highest BCUT2D eigenvalue weighted by molar-refractivity contribution is 7.19. The first-order valence-electron chi connectivity index (χ1n) is 4.73. The van der Waals surface area contributed by atoms with Gasteiger partial charge in [-0.05, 0) is 18.6 Å². The predicted molar refractivity (Wildman–Crippen MR) is 63.4 cm³/mol. The van der Waals surface area contributed by atoms with Crippen molar-refractivity contribution < 1.29 is 9.18 Å². The van der Waals surface area contributed by atoms with E-state index in [0.717, 1.165) is 11.3 Å². The minimum Gasteiger partial charge on any atom is -0.374 e. The van der Waals surface area contributed by atoms with Crippen molar-refractivity contribution in [1.82, 2.24) is 10.2 Å². The third-order valence-electron chi connectivity index (χ3n) is 2.10. The zero-order valence-electron chi connectivity index (χ0n) is 8.90. The van der Waals surface area contributed by atoms with Gasteiger partial charge in [-0.1, -0.05) is 23.5 Å². The van der Waals surface area contributed by atoms with Crippen LogP contribution in [-0.2, 0) is 0 Å². The summed E-state index contributed by atoms with van der Waals surface area (Å²) < 4.78 is 13.6. The quantitative estimate of drug-likeness (QED) is 0.854. The van der Waals surface area contributed by atoms with Gasteiger partial charge in [0.15, 0.2) is 0 Å². The van der Waals surface area contributed by atoms with Crippen LogP contribution in [0.3, 0.4) is 0 Å². The van der Waals surface area contributed by atoms with Crippen molar-refractivity contribution in [2.45, 2.75) is 6.92 Å². The lowest BCUT2D eigenvalue weighted by Gasteiger charge is -2.04. The van der Waals surface area contributed by atoms with Gasteiger partial charge in [0, 0.05) is 0 Å². The zero-order valence-corrected chi connectivity index (χ0v) is 9.71. The van der Waals surface area contributed by atoms with Crippen LogP contribution >= 0.6 is 11.3 Å². The summed E-state index contributed by atoms with van der Waals surface area (Å²) in [5.74, 6) is -1.11. The summed E-state index contributed by atoms with van der Waals surface area (Å²) in [6.45, 7) is 1.59. The number of nitrogens with one attached hydrogen (secondary N) is 1. The highest BCUT2D eigenvalue weighted by atomic mass is 32.1. The number of aromatic nitrogens is 2. The lowest BCUT2D eigenvalue weighted by atomic mass is 10.1. The Balaban J connectivity index is 2.23. The van der Waals surface area contributed by atoms with Gasteiger partial charge < -0.3 is 5.73 Å². The molecule has 1 heterocycles. The molecule has 1 aromatic carbocycles. The molecule has 3 N–H and O–H groups in total. The SMILES string of the molecule is Cc1cccc(C(=O)Nc2nnc(N)s2)c1F. The molecule has 0 fully saturated rings. The molecule has 1 aromatic heterocycles. The van der Waals surface area contributed by atoms with E-state index in [9.17, 15) is 9.18 Å². The molecule has 7 heteroatoms. The van der Waals surface area contributed by atoms with Crippen molar-refractivity contribution in [3.63, 3.8) is 0 Å². The fourth-order valence-electron chi connectivity index (χ4n) is 1.27. The number of hydrogen-bond donors (Lipinski definition) is 2. The van der Waals surface area contributed by atoms with Crippen molar-refractivity contribution in [2.75, 3.05) is 11.1 Å².